The fourth-order valence-electron chi connectivity index (χ4n) is 2.87. The molecule has 102 valence electrons. The first-order valence-electron chi connectivity index (χ1n) is 7.43. The Morgan fingerprint density at radius 1 is 0.895 bits per heavy atom. The van der Waals surface area contributed by atoms with E-state index in [2.05, 4.69) is 50.2 Å². The number of aliphatic hydroxyl groups is 1. The highest BCUT2D eigenvalue weighted by molar-refractivity contribution is 5.83. The molecule has 0 aromatic heterocycles. The lowest BCUT2D eigenvalue weighted by Crippen LogP contribution is -2.12. The van der Waals surface area contributed by atoms with Crippen molar-refractivity contribution < 1.29 is 5.11 Å². The fourth-order valence-corrected chi connectivity index (χ4v) is 2.87. The lowest BCUT2D eigenvalue weighted by Gasteiger charge is -2.22. The summed E-state index contributed by atoms with van der Waals surface area (Å²) in [6.45, 7) is 4.38. The number of rotatable bonds is 6. The van der Waals surface area contributed by atoms with Gasteiger partial charge in [0.2, 0.25) is 0 Å². The van der Waals surface area contributed by atoms with Crippen molar-refractivity contribution in [3.05, 3.63) is 48.0 Å². The molecule has 1 nitrogen and oxygen atoms in total. The third kappa shape index (κ3) is 3.36. The van der Waals surface area contributed by atoms with Gasteiger partial charge in [-0.1, -0.05) is 63.1 Å². The van der Waals surface area contributed by atoms with E-state index in [9.17, 15) is 5.11 Å². The SMILES string of the molecule is CCCC(CCC)C(O)c1ccc2ccccc2c1. The third-order valence-electron chi connectivity index (χ3n) is 3.88. The molecular weight excluding hydrogens is 232 g/mol. The van der Waals surface area contributed by atoms with Crippen LogP contribution in [0.5, 0.6) is 0 Å². The van der Waals surface area contributed by atoms with Crippen molar-refractivity contribution in [2.45, 2.75) is 45.6 Å². The molecule has 2 rings (SSSR count). The minimum absolute atomic E-state index is 0.329. The molecular formula is C18H24O. The number of hydrogen-bond acceptors (Lipinski definition) is 1. The van der Waals surface area contributed by atoms with Crippen molar-refractivity contribution in [3.63, 3.8) is 0 Å². The molecule has 1 unspecified atom stereocenters. The van der Waals surface area contributed by atoms with E-state index in [1.165, 1.54) is 10.8 Å². The van der Waals surface area contributed by atoms with Gasteiger partial charge >= 0.3 is 0 Å². The average Bonchev–Trinajstić information content (AvgIpc) is 2.46. The summed E-state index contributed by atoms with van der Waals surface area (Å²) < 4.78 is 0. The van der Waals surface area contributed by atoms with E-state index < -0.39 is 0 Å². The quantitative estimate of drug-likeness (QED) is 0.763. The number of benzene rings is 2. The van der Waals surface area contributed by atoms with Gasteiger partial charge in [0.1, 0.15) is 0 Å². The molecule has 0 bridgehead atoms. The summed E-state index contributed by atoms with van der Waals surface area (Å²) >= 11 is 0. The first-order valence-corrected chi connectivity index (χ1v) is 7.43. The summed E-state index contributed by atoms with van der Waals surface area (Å²) in [5, 5.41) is 13.1. The Hall–Kier alpha value is -1.34. The monoisotopic (exact) mass is 256 g/mol. The van der Waals surface area contributed by atoms with Gasteiger partial charge in [-0.2, -0.15) is 0 Å². The Labute approximate surface area is 116 Å². The highest BCUT2D eigenvalue weighted by atomic mass is 16.3. The lowest BCUT2D eigenvalue weighted by atomic mass is 9.87. The largest absolute Gasteiger partial charge is 0.388 e. The molecule has 0 heterocycles. The molecule has 0 saturated carbocycles. The van der Waals surface area contributed by atoms with Gasteiger partial charge < -0.3 is 5.11 Å². The zero-order valence-electron chi connectivity index (χ0n) is 12.0. The van der Waals surface area contributed by atoms with Crippen LogP contribution in [0.3, 0.4) is 0 Å². The maximum atomic E-state index is 10.6. The molecule has 0 spiro atoms. The van der Waals surface area contributed by atoms with Crippen molar-refractivity contribution in [3.8, 4) is 0 Å². The van der Waals surface area contributed by atoms with E-state index in [1.54, 1.807) is 0 Å². The van der Waals surface area contributed by atoms with Crippen molar-refractivity contribution in [1.29, 1.82) is 0 Å². The fraction of sp³-hybridized carbons (Fsp3) is 0.444. The first kappa shape index (κ1) is 14.1. The Bertz CT molecular complexity index is 512. The summed E-state index contributed by atoms with van der Waals surface area (Å²) in [4.78, 5) is 0. The Balaban J connectivity index is 2.26. The minimum atomic E-state index is -0.329. The Morgan fingerprint density at radius 2 is 1.53 bits per heavy atom. The molecule has 0 saturated heterocycles. The van der Waals surface area contributed by atoms with E-state index in [0.717, 1.165) is 31.2 Å². The van der Waals surface area contributed by atoms with E-state index in [4.69, 9.17) is 0 Å². The van der Waals surface area contributed by atoms with Gasteiger partial charge in [-0.25, -0.2) is 0 Å². The molecule has 19 heavy (non-hydrogen) atoms. The molecule has 0 aliphatic rings. The Kier molecular flexibility index (Phi) is 4.98. The Morgan fingerprint density at radius 3 is 2.16 bits per heavy atom. The molecule has 0 radical (unpaired) electrons. The van der Waals surface area contributed by atoms with Crippen molar-refractivity contribution >= 4 is 10.8 Å². The summed E-state index contributed by atoms with van der Waals surface area (Å²) in [6.07, 6.45) is 4.14. The molecule has 0 aliphatic carbocycles. The number of aliphatic hydroxyl groups excluding tert-OH is 1. The van der Waals surface area contributed by atoms with Crippen LogP contribution in [0.1, 0.15) is 51.2 Å². The van der Waals surface area contributed by atoms with Gasteiger partial charge in [-0.05, 0) is 41.2 Å². The maximum absolute atomic E-state index is 10.6. The second kappa shape index (κ2) is 6.72. The second-order valence-corrected chi connectivity index (χ2v) is 5.39. The topological polar surface area (TPSA) is 20.2 Å². The average molecular weight is 256 g/mol. The molecule has 1 N–H and O–H groups in total. The second-order valence-electron chi connectivity index (χ2n) is 5.39. The maximum Gasteiger partial charge on any atom is 0.0818 e. The van der Waals surface area contributed by atoms with Crippen LogP contribution in [-0.4, -0.2) is 5.11 Å². The number of hydrogen-bond donors (Lipinski definition) is 1. The van der Waals surface area contributed by atoms with Crippen LogP contribution in [0.2, 0.25) is 0 Å². The first-order chi connectivity index (χ1) is 9.26. The summed E-state index contributed by atoms with van der Waals surface area (Å²) in [5.74, 6) is 0.385. The summed E-state index contributed by atoms with van der Waals surface area (Å²) in [5.41, 5.74) is 1.06. The zero-order valence-corrected chi connectivity index (χ0v) is 12.0. The van der Waals surface area contributed by atoms with E-state index in [-0.39, 0.29) is 6.10 Å². The normalized spacial score (nSPS) is 13.1. The van der Waals surface area contributed by atoms with Gasteiger partial charge in [0.15, 0.2) is 0 Å². The predicted octanol–water partition coefficient (Wildman–Crippen LogP) is 5.09. The van der Waals surface area contributed by atoms with Gasteiger partial charge in [-0.15, -0.1) is 0 Å². The van der Waals surface area contributed by atoms with Crippen LogP contribution in [0.15, 0.2) is 42.5 Å². The zero-order chi connectivity index (χ0) is 13.7. The number of fused-ring (bicyclic) bond motifs is 1. The molecule has 1 heteroatoms. The van der Waals surface area contributed by atoms with Crippen LogP contribution in [0.4, 0.5) is 0 Å². The van der Waals surface area contributed by atoms with Crippen molar-refractivity contribution in [2.24, 2.45) is 5.92 Å². The van der Waals surface area contributed by atoms with Crippen LogP contribution >= 0.6 is 0 Å². The predicted molar refractivity (Wildman–Crippen MR) is 82.2 cm³/mol. The van der Waals surface area contributed by atoms with E-state index in [1.807, 2.05) is 6.07 Å². The smallest absolute Gasteiger partial charge is 0.0818 e. The van der Waals surface area contributed by atoms with Crippen LogP contribution < -0.4 is 0 Å². The minimum Gasteiger partial charge on any atom is -0.388 e. The molecule has 1 atom stereocenters. The van der Waals surface area contributed by atoms with Gasteiger partial charge in [-0.3, -0.25) is 0 Å². The van der Waals surface area contributed by atoms with Crippen molar-refractivity contribution in [1.82, 2.24) is 0 Å². The molecule has 2 aromatic rings. The van der Waals surface area contributed by atoms with Gasteiger partial charge in [0.25, 0.3) is 0 Å². The van der Waals surface area contributed by atoms with E-state index >= 15 is 0 Å². The highest BCUT2D eigenvalue weighted by Crippen LogP contribution is 2.31. The van der Waals surface area contributed by atoms with Gasteiger partial charge in [0, 0.05) is 0 Å². The molecule has 0 fully saturated rings. The van der Waals surface area contributed by atoms with Gasteiger partial charge in [0.05, 0.1) is 6.10 Å². The highest BCUT2D eigenvalue weighted by Gasteiger charge is 2.19. The molecule has 2 aromatic carbocycles. The van der Waals surface area contributed by atoms with Crippen LogP contribution in [-0.2, 0) is 0 Å². The lowest BCUT2D eigenvalue weighted by molar-refractivity contribution is 0.0966. The van der Waals surface area contributed by atoms with Crippen molar-refractivity contribution in [2.75, 3.05) is 0 Å². The van der Waals surface area contributed by atoms with E-state index in [0.29, 0.717) is 5.92 Å². The van der Waals surface area contributed by atoms with Crippen LogP contribution in [0, 0.1) is 5.92 Å². The van der Waals surface area contributed by atoms with Crippen LogP contribution in [0.25, 0.3) is 10.8 Å². The third-order valence-corrected chi connectivity index (χ3v) is 3.88. The summed E-state index contributed by atoms with van der Waals surface area (Å²) in [7, 11) is 0. The molecule has 0 amide bonds. The summed E-state index contributed by atoms with van der Waals surface area (Å²) in [6, 6.07) is 14.7. The molecule has 0 aliphatic heterocycles. The standard InChI is InChI=1S/C18H24O/c1-3-7-15(8-4-2)18(19)17-12-11-14-9-5-6-10-16(14)13-17/h5-6,9-13,15,18-19H,3-4,7-8H2,1-2H3.